The van der Waals surface area contributed by atoms with E-state index in [4.69, 9.17) is 9.84 Å². The molecule has 0 aliphatic carbocycles. The summed E-state index contributed by atoms with van der Waals surface area (Å²) >= 11 is 0. The zero-order valence-corrected chi connectivity index (χ0v) is 11.9. The van der Waals surface area contributed by atoms with Crippen LogP contribution < -0.4 is 4.74 Å². The van der Waals surface area contributed by atoms with Gasteiger partial charge >= 0.3 is 11.7 Å². The third kappa shape index (κ3) is 3.67. The Kier molecular flexibility index (Phi) is 4.67. The molecule has 0 aliphatic rings. The first-order valence-electron chi connectivity index (χ1n) is 5.97. The van der Waals surface area contributed by atoms with Crippen molar-refractivity contribution in [2.45, 2.75) is 19.4 Å². The molecule has 7 nitrogen and oxygen atoms in total. The molecule has 110 valence electrons. The summed E-state index contributed by atoms with van der Waals surface area (Å²) in [6, 6.07) is 3.50. The Morgan fingerprint density at radius 2 is 2.05 bits per heavy atom. The number of nitro groups is 1. The lowest BCUT2D eigenvalue weighted by Crippen LogP contribution is -2.43. The minimum Gasteiger partial charge on any atom is -0.485 e. The Balaban J connectivity index is 3.05. The number of carboxylic acids is 1. The lowest BCUT2D eigenvalue weighted by atomic mass is 10.1. The topological polar surface area (TPSA) is 92.9 Å². The molecule has 1 N–H and O–H groups in total. The monoisotopic (exact) mass is 282 g/mol. The van der Waals surface area contributed by atoms with Gasteiger partial charge in [0.05, 0.1) is 10.5 Å². The highest BCUT2D eigenvalue weighted by atomic mass is 16.6. The molecule has 0 aromatic heterocycles. The number of carbonyl (C=O) groups is 1. The molecule has 0 aliphatic heterocycles. The normalized spacial score (nSPS) is 11.4. The molecule has 0 heterocycles. The molecule has 1 rings (SSSR count). The summed E-state index contributed by atoms with van der Waals surface area (Å²) in [5.41, 5.74) is -0.634. The van der Waals surface area contributed by atoms with Crippen LogP contribution in [0.25, 0.3) is 0 Å². The van der Waals surface area contributed by atoms with Crippen molar-refractivity contribution in [3.05, 3.63) is 33.9 Å². The van der Waals surface area contributed by atoms with E-state index in [9.17, 15) is 14.9 Å². The molecule has 0 unspecified atom stereocenters. The molecule has 0 fully saturated rings. The van der Waals surface area contributed by atoms with Crippen LogP contribution in [-0.4, -0.2) is 47.1 Å². The molecular weight excluding hydrogens is 264 g/mol. The molecule has 1 aromatic carbocycles. The fraction of sp³-hybridized carbons (Fsp3) is 0.462. The number of hydrogen-bond donors (Lipinski definition) is 1. The van der Waals surface area contributed by atoms with Gasteiger partial charge in [-0.3, -0.25) is 10.1 Å². The molecule has 0 saturated carbocycles. The van der Waals surface area contributed by atoms with Crippen molar-refractivity contribution in [2.24, 2.45) is 0 Å². The third-order valence-electron chi connectivity index (χ3n) is 3.20. The van der Waals surface area contributed by atoms with Gasteiger partial charge in [0, 0.05) is 17.7 Å². The van der Waals surface area contributed by atoms with Crippen LogP contribution in [0.3, 0.4) is 0 Å². The summed E-state index contributed by atoms with van der Waals surface area (Å²) in [6.07, 6.45) is 0. The summed E-state index contributed by atoms with van der Waals surface area (Å²) in [4.78, 5) is 23.2. The summed E-state index contributed by atoms with van der Waals surface area (Å²) < 4.78 is 5.47. The summed E-state index contributed by atoms with van der Waals surface area (Å²) in [5.74, 6) is -1.19. The molecule has 0 atom stereocenters. The molecule has 0 radical (unpaired) electrons. The first-order chi connectivity index (χ1) is 9.15. The van der Waals surface area contributed by atoms with E-state index in [0.29, 0.717) is 0 Å². The van der Waals surface area contributed by atoms with Gasteiger partial charge in [-0.2, -0.15) is 0 Å². The molecule has 0 saturated heterocycles. The number of aromatic carboxylic acids is 1. The Hall–Kier alpha value is -2.15. The van der Waals surface area contributed by atoms with E-state index in [0.717, 1.165) is 6.07 Å². The maximum atomic E-state index is 10.9. The van der Waals surface area contributed by atoms with Crippen molar-refractivity contribution >= 4 is 11.7 Å². The number of rotatable bonds is 6. The van der Waals surface area contributed by atoms with Crippen LogP contribution in [0.1, 0.15) is 24.2 Å². The second-order valence-corrected chi connectivity index (χ2v) is 5.24. The third-order valence-corrected chi connectivity index (χ3v) is 3.20. The smallest absolute Gasteiger partial charge is 0.335 e. The number of likely N-dealkylation sites (N-methyl/N-ethyl adjacent to an activating group) is 1. The average Bonchev–Trinajstić information content (AvgIpc) is 2.35. The van der Waals surface area contributed by atoms with Gasteiger partial charge in [0.15, 0.2) is 5.75 Å². The largest absolute Gasteiger partial charge is 0.485 e. The lowest BCUT2D eigenvalue weighted by Gasteiger charge is -2.32. The van der Waals surface area contributed by atoms with Crippen molar-refractivity contribution in [1.29, 1.82) is 0 Å². The van der Waals surface area contributed by atoms with Crippen LogP contribution >= 0.6 is 0 Å². The second-order valence-electron chi connectivity index (χ2n) is 5.24. The van der Waals surface area contributed by atoms with Gasteiger partial charge in [-0.25, -0.2) is 4.79 Å². The van der Waals surface area contributed by atoms with Crippen LogP contribution in [0.4, 0.5) is 5.69 Å². The maximum Gasteiger partial charge on any atom is 0.335 e. The zero-order valence-electron chi connectivity index (χ0n) is 11.9. The van der Waals surface area contributed by atoms with Gasteiger partial charge in [0.2, 0.25) is 0 Å². The molecular formula is C13H18N2O5. The minimum atomic E-state index is -1.16. The highest BCUT2D eigenvalue weighted by Gasteiger charge is 2.24. The lowest BCUT2D eigenvalue weighted by molar-refractivity contribution is -0.385. The first-order valence-corrected chi connectivity index (χ1v) is 5.97. The van der Waals surface area contributed by atoms with Crippen molar-refractivity contribution in [3.63, 3.8) is 0 Å². The van der Waals surface area contributed by atoms with Crippen LogP contribution in [0, 0.1) is 10.1 Å². The highest BCUT2D eigenvalue weighted by Crippen LogP contribution is 2.29. The SMILES string of the molecule is CN(C)C(C)(C)COc1cc(C(=O)O)ccc1[N+](=O)[O-]. The number of ether oxygens (including phenoxy) is 1. The summed E-state index contributed by atoms with van der Waals surface area (Å²) in [7, 11) is 3.73. The van der Waals surface area contributed by atoms with E-state index in [1.807, 2.05) is 32.8 Å². The summed E-state index contributed by atoms with van der Waals surface area (Å²) in [5, 5.41) is 19.9. The van der Waals surface area contributed by atoms with E-state index in [1.54, 1.807) is 0 Å². The number of nitrogens with zero attached hydrogens (tertiary/aromatic N) is 2. The molecule has 1 aromatic rings. The number of hydrogen-bond acceptors (Lipinski definition) is 5. The van der Waals surface area contributed by atoms with E-state index >= 15 is 0 Å². The van der Waals surface area contributed by atoms with Gasteiger partial charge in [0.1, 0.15) is 6.61 Å². The van der Waals surface area contributed by atoms with Gasteiger partial charge in [0.25, 0.3) is 0 Å². The fourth-order valence-electron chi connectivity index (χ4n) is 1.30. The fourth-order valence-corrected chi connectivity index (χ4v) is 1.30. The van der Waals surface area contributed by atoms with Gasteiger partial charge in [-0.1, -0.05) is 0 Å². The molecule has 20 heavy (non-hydrogen) atoms. The quantitative estimate of drug-likeness (QED) is 0.633. The van der Waals surface area contributed by atoms with E-state index in [1.165, 1.54) is 12.1 Å². The van der Waals surface area contributed by atoms with Crippen molar-refractivity contribution < 1.29 is 19.6 Å². The minimum absolute atomic E-state index is 0.0372. The van der Waals surface area contributed by atoms with Crippen LogP contribution in [0.2, 0.25) is 0 Å². The number of nitro benzene ring substituents is 1. The van der Waals surface area contributed by atoms with Crippen molar-refractivity contribution in [3.8, 4) is 5.75 Å². The predicted molar refractivity (Wildman–Crippen MR) is 73.3 cm³/mol. The van der Waals surface area contributed by atoms with Gasteiger partial charge in [-0.15, -0.1) is 0 Å². The highest BCUT2D eigenvalue weighted by molar-refractivity contribution is 5.88. The van der Waals surface area contributed by atoms with Crippen LogP contribution in [0.5, 0.6) is 5.75 Å². The first kappa shape index (κ1) is 15.9. The Bertz CT molecular complexity index is 525. The standard InChI is InChI=1S/C13H18N2O5/c1-13(2,14(3)4)8-20-11-7-9(12(16)17)5-6-10(11)15(18)19/h5-7H,8H2,1-4H3,(H,16,17). The van der Waals surface area contributed by atoms with Crippen LogP contribution in [0.15, 0.2) is 18.2 Å². The van der Waals surface area contributed by atoms with Gasteiger partial charge in [-0.05, 0) is 34.0 Å². The molecule has 0 amide bonds. The predicted octanol–water partition coefficient (Wildman–Crippen LogP) is 2.01. The second kappa shape index (κ2) is 5.87. The number of benzene rings is 1. The average molecular weight is 282 g/mol. The Morgan fingerprint density at radius 1 is 1.45 bits per heavy atom. The Labute approximate surface area is 116 Å². The van der Waals surface area contributed by atoms with Crippen molar-refractivity contribution in [1.82, 2.24) is 4.90 Å². The van der Waals surface area contributed by atoms with E-state index in [2.05, 4.69) is 0 Å². The number of carboxylic acid groups (broad SMARTS) is 1. The van der Waals surface area contributed by atoms with E-state index < -0.39 is 10.9 Å². The van der Waals surface area contributed by atoms with Crippen molar-refractivity contribution in [2.75, 3.05) is 20.7 Å². The molecule has 7 heteroatoms. The summed E-state index contributed by atoms with van der Waals surface area (Å²) in [6.45, 7) is 4.03. The maximum absolute atomic E-state index is 10.9. The van der Waals surface area contributed by atoms with Crippen LogP contribution in [-0.2, 0) is 0 Å². The Morgan fingerprint density at radius 3 is 2.50 bits per heavy atom. The van der Waals surface area contributed by atoms with E-state index in [-0.39, 0.29) is 29.1 Å². The zero-order chi connectivity index (χ0) is 15.5. The van der Waals surface area contributed by atoms with Gasteiger partial charge < -0.3 is 14.7 Å². The molecule has 0 bridgehead atoms. The molecule has 0 spiro atoms.